The summed E-state index contributed by atoms with van der Waals surface area (Å²) in [6.45, 7) is 2.89. The van der Waals surface area contributed by atoms with E-state index in [0.29, 0.717) is 30.1 Å². The fourth-order valence-electron chi connectivity index (χ4n) is 4.76. The van der Waals surface area contributed by atoms with Crippen molar-refractivity contribution in [3.63, 3.8) is 0 Å². The predicted molar refractivity (Wildman–Crippen MR) is 132 cm³/mol. The SMILES string of the molecule is CCCCn1nc(C(=O)CC2CCCCC2)nc1Cc1ccc(-c2ccccc2C(=O)O)cc1. The van der Waals surface area contributed by atoms with Gasteiger partial charge in [-0.25, -0.2) is 14.5 Å². The molecule has 178 valence electrons. The summed E-state index contributed by atoms with van der Waals surface area (Å²) in [6.07, 6.45) is 9.13. The highest BCUT2D eigenvalue weighted by molar-refractivity contribution is 5.96. The molecule has 0 saturated heterocycles. The predicted octanol–water partition coefficient (Wildman–Crippen LogP) is 6.19. The third kappa shape index (κ3) is 5.79. The second-order valence-electron chi connectivity index (χ2n) is 9.28. The Bertz CT molecular complexity index is 1130. The maximum atomic E-state index is 12.9. The van der Waals surface area contributed by atoms with E-state index in [-0.39, 0.29) is 11.3 Å². The molecule has 1 heterocycles. The molecular weight excluding hydrogens is 426 g/mol. The summed E-state index contributed by atoms with van der Waals surface area (Å²) in [5, 5.41) is 14.1. The van der Waals surface area contributed by atoms with Crippen LogP contribution in [0.3, 0.4) is 0 Å². The van der Waals surface area contributed by atoms with E-state index in [0.717, 1.165) is 49.2 Å². The summed E-state index contributed by atoms with van der Waals surface area (Å²) in [5.41, 5.74) is 2.89. The van der Waals surface area contributed by atoms with Crippen LogP contribution < -0.4 is 0 Å². The van der Waals surface area contributed by atoms with Crippen LogP contribution in [0.25, 0.3) is 11.1 Å². The largest absolute Gasteiger partial charge is 0.478 e. The van der Waals surface area contributed by atoms with Crippen molar-refractivity contribution in [3.05, 3.63) is 71.3 Å². The van der Waals surface area contributed by atoms with Gasteiger partial charge in [0.15, 0.2) is 0 Å². The molecule has 2 aromatic carbocycles. The molecule has 34 heavy (non-hydrogen) atoms. The molecule has 0 bridgehead atoms. The van der Waals surface area contributed by atoms with E-state index < -0.39 is 5.97 Å². The van der Waals surface area contributed by atoms with Crippen molar-refractivity contribution in [1.82, 2.24) is 14.8 Å². The van der Waals surface area contributed by atoms with E-state index >= 15 is 0 Å². The van der Waals surface area contributed by atoms with Gasteiger partial charge in [0.05, 0.1) is 5.56 Å². The van der Waals surface area contributed by atoms with Crippen LogP contribution in [0.2, 0.25) is 0 Å². The van der Waals surface area contributed by atoms with Gasteiger partial charge in [-0.2, -0.15) is 0 Å². The van der Waals surface area contributed by atoms with Crippen LogP contribution in [0, 0.1) is 5.92 Å². The van der Waals surface area contributed by atoms with Crippen LogP contribution in [0.4, 0.5) is 0 Å². The summed E-state index contributed by atoms with van der Waals surface area (Å²) in [6, 6.07) is 14.9. The first-order valence-electron chi connectivity index (χ1n) is 12.4. The van der Waals surface area contributed by atoms with Gasteiger partial charge >= 0.3 is 5.97 Å². The summed E-state index contributed by atoms with van der Waals surface area (Å²) in [4.78, 5) is 29.1. The molecule has 0 radical (unpaired) electrons. The smallest absolute Gasteiger partial charge is 0.336 e. The van der Waals surface area contributed by atoms with E-state index in [2.05, 4.69) is 17.0 Å². The number of nitrogens with zero attached hydrogens (tertiary/aromatic N) is 3. The molecular formula is C28H33N3O3. The Kier molecular flexibility index (Phi) is 7.88. The van der Waals surface area contributed by atoms with Crippen molar-refractivity contribution < 1.29 is 14.7 Å². The van der Waals surface area contributed by atoms with E-state index in [1.165, 1.54) is 19.3 Å². The van der Waals surface area contributed by atoms with Crippen LogP contribution in [0.1, 0.15) is 90.7 Å². The lowest BCUT2D eigenvalue weighted by atomic mass is 9.86. The third-order valence-electron chi connectivity index (χ3n) is 6.70. The number of aromatic carboxylic acids is 1. The minimum Gasteiger partial charge on any atom is -0.478 e. The van der Waals surface area contributed by atoms with Gasteiger partial charge in [-0.15, -0.1) is 5.10 Å². The number of hydrogen-bond acceptors (Lipinski definition) is 4. The molecule has 1 N–H and O–H groups in total. The van der Waals surface area contributed by atoms with Gasteiger partial charge in [-0.1, -0.05) is 87.9 Å². The molecule has 1 aliphatic carbocycles. The number of aryl methyl sites for hydroxylation is 1. The van der Waals surface area contributed by atoms with E-state index in [4.69, 9.17) is 0 Å². The van der Waals surface area contributed by atoms with Gasteiger partial charge in [0, 0.05) is 19.4 Å². The quantitative estimate of drug-likeness (QED) is 0.366. The van der Waals surface area contributed by atoms with Crippen LogP contribution in [-0.4, -0.2) is 31.6 Å². The molecule has 3 aromatic rings. The fraction of sp³-hybridized carbons (Fsp3) is 0.429. The molecule has 0 amide bonds. The van der Waals surface area contributed by atoms with Crippen LogP contribution in [0.5, 0.6) is 0 Å². The van der Waals surface area contributed by atoms with E-state index in [9.17, 15) is 14.7 Å². The lowest BCUT2D eigenvalue weighted by molar-refractivity contribution is 0.0697. The summed E-state index contributed by atoms with van der Waals surface area (Å²) in [5.74, 6) is 0.745. The zero-order valence-electron chi connectivity index (χ0n) is 19.9. The number of carboxylic acid groups (broad SMARTS) is 1. The van der Waals surface area contributed by atoms with Gasteiger partial charge in [-0.05, 0) is 35.1 Å². The summed E-state index contributed by atoms with van der Waals surface area (Å²) >= 11 is 0. The van der Waals surface area contributed by atoms with E-state index in [1.54, 1.807) is 12.1 Å². The maximum absolute atomic E-state index is 12.9. The Morgan fingerprint density at radius 1 is 1.03 bits per heavy atom. The van der Waals surface area contributed by atoms with Gasteiger partial charge in [0.1, 0.15) is 5.82 Å². The zero-order valence-corrected chi connectivity index (χ0v) is 19.9. The Morgan fingerprint density at radius 2 is 1.76 bits per heavy atom. The number of aromatic nitrogens is 3. The first-order valence-corrected chi connectivity index (χ1v) is 12.4. The lowest BCUT2D eigenvalue weighted by Crippen LogP contribution is -2.13. The lowest BCUT2D eigenvalue weighted by Gasteiger charge is -2.19. The van der Waals surface area contributed by atoms with Crippen molar-refractivity contribution in [2.45, 2.75) is 71.3 Å². The number of Topliss-reactive ketones (excluding diaryl/α,β-unsaturated/α-hetero) is 1. The van der Waals surface area contributed by atoms with Crippen LogP contribution in [0.15, 0.2) is 48.5 Å². The van der Waals surface area contributed by atoms with Crippen molar-refractivity contribution in [2.75, 3.05) is 0 Å². The fourth-order valence-corrected chi connectivity index (χ4v) is 4.76. The average Bonchev–Trinajstić information content (AvgIpc) is 3.26. The highest BCUT2D eigenvalue weighted by Gasteiger charge is 2.22. The van der Waals surface area contributed by atoms with Gasteiger partial charge in [0.25, 0.3) is 0 Å². The second-order valence-corrected chi connectivity index (χ2v) is 9.28. The third-order valence-corrected chi connectivity index (χ3v) is 6.70. The minimum absolute atomic E-state index is 0.0593. The molecule has 6 nitrogen and oxygen atoms in total. The molecule has 0 spiro atoms. The number of unbranched alkanes of at least 4 members (excludes halogenated alkanes) is 1. The molecule has 1 fully saturated rings. The molecule has 0 aliphatic heterocycles. The molecule has 1 aromatic heterocycles. The highest BCUT2D eigenvalue weighted by Crippen LogP contribution is 2.28. The number of ketones is 1. The molecule has 1 aliphatic rings. The maximum Gasteiger partial charge on any atom is 0.336 e. The Hall–Kier alpha value is -3.28. The first-order chi connectivity index (χ1) is 16.5. The molecule has 0 atom stereocenters. The Morgan fingerprint density at radius 3 is 2.47 bits per heavy atom. The summed E-state index contributed by atoms with van der Waals surface area (Å²) < 4.78 is 1.89. The second kappa shape index (κ2) is 11.2. The number of hydrogen-bond donors (Lipinski definition) is 1. The zero-order chi connectivity index (χ0) is 23.9. The standard InChI is InChI=1S/C28H33N3O3/c1-2-3-17-31-26(29-27(30-31)25(32)18-20-9-5-4-6-10-20)19-21-13-15-22(16-14-21)23-11-7-8-12-24(23)28(33)34/h7-8,11-16,20H,2-6,9-10,17-19H2,1H3,(H,33,34). The Balaban J connectivity index is 1.52. The number of carbonyl (C=O) groups is 2. The van der Waals surface area contributed by atoms with Crippen molar-refractivity contribution in [3.8, 4) is 11.1 Å². The molecule has 6 heteroatoms. The van der Waals surface area contributed by atoms with Crippen molar-refractivity contribution in [2.24, 2.45) is 5.92 Å². The van der Waals surface area contributed by atoms with Gasteiger partial charge in [0.2, 0.25) is 11.6 Å². The summed E-state index contributed by atoms with van der Waals surface area (Å²) in [7, 11) is 0. The topological polar surface area (TPSA) is 85.1 Å². The van der Waals surface area contributed by atoms with Gasteiger partial charge < -0.3 is 5.11 Å². The highest BCUT2D eigenvalue weighted by atomic mass is 16.4. The number of rotatable bonds is 10. The number of carbonyl (C=O) groups excluding carboxylic acids is 1. The Labute approximate surface area is 201 Å². The molecule has 4 rings (SSSR count). The first kappa shape index (κ1) is 23.9. The normalized spacial score (nSPS) is 14.3. The average molecular weight is 460 g/mol. The van der Waals surface area contributed by atoms with Gasteiger partial charge in [-0.3, -0.25) is 4.79 Å². The monoisotopic (exact) mass is 459 g/mol. The number of benzene rings is 2. The molecule has 0 unspecified atom stereocenters. The van der Waals surface area contributed by atoms with Crippen molar-refractivity contribution >= 4 is 11.8 Å². The number of carboxylic acids is 1. The van der Waals surface area contributed by atoms with E-state index in [1.807, 2.05) is 41.1 Å². The molecule has 1 saturated carbocycles. The van der Waals surface area contributed by atoms with Crippen molar-refractivity contribution in [1.29, 1.82) is 0 Å². The van der Waals surface area contributed by atoms with Crippen LogP contribution in [-0.2, 0) is 13.0 Å². The minimum atomic E-state index is -0.936. The van der Waals surface area contributed by atoms with Crippen LogP contribution >= 0.6 is 0 Å².